The van der Waals surface area contributed by atoms with Crippen molar-refractivity contribution >= 4 is 41.7 Å². The van der Waals surface area contributed by atoms with Gasteiger partial charge in [0.15, 0.2) is 5.96 Å². The molecule has 0 spiro atoms. The van der Waals surface area contributed by atoms with E-state index in [0.29, 0.717) is 18.8 Å². The number of anilines is 1. The fourth-order valence-corrected chi connectivity index (χ4v) is 2.78. The molecule has 0 aromatic carbocycles. The Balaban J connectivity index is 0.00000338. The lowest BCUT2D eigenvalue weighted by Crippen LogP contribution is -2.43. The molecule has 3 N–H and O–H groups in total. The van der Waals surface area contributed by atoms with Crippen LogP contribution in [0.15, 0.2) is 23.3 Å². The van der Waals surface area contributed by atoms with Gasteiger partial charge in [0.2, 0.25) is 5.91 Å². The number of nitrogens with zero attached hydrogens (tertiary/aromatic N) is 3. The van der Waals surface area contributed by atoms with E-state index in [0.717, 1.165) is 24.6 Å². The Morgan fingerprint density at radius 3 is 2.58 bits per heavy atom. The van der Waals surface area contributed by atoms with Crippen LogP contribution in [0.1, 0.15) is 31.2 Å². The van der Waals surface area contributed by atoms with Crippen molar-refractivity contribution in [1.29, 1.82) is 0 Å². The highest BCUT2D eigenvalue weighted by Gasteiger charge is 2.09. The third-order valence-electron chi connectivity index (χ3n) is 4.22. The molecule has 1 aromatic heterocycles. The fourth-order valence-electron chi connectivity index (χ4n) is 2.78. The number of halogens is 1. The smallest absolute Gasteiger partial charge is 0.227 e. The molecule has 1 fully saturated rings. The fraction of sp³-hybridized carbons (Fsp3) is 0.611. The van der Waals surface area contributed by atoms with E-state index < -0.39 is 0 Å². The number of hydrogen-bond donors (Lipinski definition) is 3. The quantitative estimate of drug-likeness (QED) is 0.320. The van der Waals surface area contributed by atoms with Crippen LogP contribution in [0.3, 0.4) is 0 Å². The lowest BCUT2D eigenvalue weighted by atomic mass is 10.1. The van der Waals surface area contributed by atoms with Crippen molar-refractivity contribution in [3.05, 3.63) is 23.9 Å². The van der Waals surface area contributed by atoms with E-state index in [1.165, 1.54) is 32.4 Å². The molecular formula is C18H31IN6O. The molecule has 0 aliphatic carbocycles. The zero-order chi connectivity index (χ0) is 17.9. The predicted octanol–water partition coefficient (Wildman–Crippen LogP) is 1.99. The van der Waals surface area contributed by atoms with Gasteiger partial charge in [-0.25, -0.2) is 4.98 Å². The number of nitrogens with one attached hydrogen (secondary N) is 3. The molecule has 1 amide bonds. The van der Waals surface area contributed by atoms with E-state index in [-0.39, 0.29) is 29.9 Å². The number of likely N-dealkylation sites (tertiary alicyclic amines) is 1. The highest BCUT2D eigenvalue weighted by molar-refractivity contribution is 14.0. The first kappa shape index (κ1) is 22.6. The van der Waals surface area contributed by atoms with Gasteiger partial charge < -0.3 is 20.9 Å². The van der Waals surface area contributed by atoms with Crippen LogP contribution in [0, 0.1) is 6.92 Å². The van der Waals surface area contributed by atoms with Crippen LogP contribution in [-0.2, 0) is 4.79 Å². The topological polar surface area (TPSA) is 81.6 Å². The van der Waals surface area contributed by atoms with Gasteiger partial charge in [0.25, 0.3) is 0 Å². The van der Waals surface area contributed by atoms with Gasteiger partial charge in [0.1, 0.15) is 5.82 Å². The first-order valence-electron chi connectivity index (χ1n) is 9.07. The van der Waals surface area contributed by atoms with E-state index in [1.54, 1.807) is 13.2 Å². The molecule has 1 saturated heterocycles. The summed E-state index contributed by atoms with van der Waals surface area (Å²) in [6.45, 7) is 6.77. The highest BCUT2D eigenvalue weighted by Crippen LogP contribution is 2.07. The Morgan fingerprint density at radius 2 is 1.92 bits per heavy atom. The number of guanidine groups is 1. The summed E-state index contributed by atoms with van der Waals surface area (Å²) in [6, 6.07) is 3.73. The van der Waals surface area contributed by atoms with Gasteiger partial charge in [-0.3, -0.25) is 9.79 Å². The van der Waals surface area contributed by atoms with Crippen LogP contribution in [0.5, 0.6) is 0 Å². The van der Waals surface area contributed by atoms with Crippen molar-refractivity contribution in [2.75, 3.05) is 45.1 Å². The minimum atomic E-state index is -0.0624. The summed E-state index contributed by atoms with van der Waals surface area (Å²) in [4.78, 5) is 22.8. The third kappa shape index (κ3) is 8.79. The summed E-state index contributed by atoms with van der Waals surface area (Å²) < 4.78 is 0. The molecule has 26 heavy (non-hydrogen) atoms. The normalized spacial score (nSPS) is 15.1. The largest absolute Gasteiger partial charge is 0.356 e. The molecule has 146 valence electrons. The Morgan fingerprint density at radius 1 is 1.19 bits per heavy atom. The minimum Gasteiger partial charge on any atom is -0.356 e. The Bertz CT molecular complexity index is 557. The van der Waals surface area contributed by atoms with Crippen LogP contribution in [0.4, 0.5) is 5.82 Å². The van der Waals surface area contributed by atoms with Gasteiger partial charge in [0.05, 0.1) is 0 Å². The molecule has 0 atom stereocenters. The van der Waals surface area contributed by atoms with E-state index in [1.807, 2.05) is 19.1 Å². The summed E-state index contributed by atoms with van der Waals surface area (Å²) in [6.07, 6.45) is 6.06. The molecule has 2 rings (SSSR count). The summed E-state index contributed by atoms with van der Waals surface area (Å²) in [5.41, 5.74) is 1.07. The number of carbonyl (C=O) groups excluding carboxylic acids is 1. The molecule has 8 heteroatoms. The molecule has 1 aromatic rings. The van der Waals surface area contributed by atoms with E-state index in [9.17, 15) is 4.79 Å². The van der Waals surface area contributed by atoms with E-state index in [4.69, 9.17) is 0 Å². The van der Waals surface area contributed by atoms with Crippen LogP contribution >= 0.6 is 24.0 Å². The molecule has 0 unspecified atom stereocenters. The van der Waals surface area contributed by atoms with Crippen molar-refractivity contribution in [2.24, 2.45) is 4.99 Å². The Kier molecular flexibility index (Phi) is 11.2. The zero-order valence-corrected chi connectivity index (χ0v) is 18.1. The van der Waals surface area contributed by atoms with Crippen LogP contribution in [0.25, 0.3) is 0 Å². The van der Waals surface area contributed by atoms with Crippen molar-refractivity contribution < 1.29 is 4.79 Å². The van der Waals surface area contributed by atoms with Gasteiger partial charge in [-0.2, -0.15) is 0 Å². The highest BCUT2D eigenvalue weighted by atomic mass is 127. The second-order valence-electron chi connectivity index (χ2n) is 6.35. The molecular weight excluding hydrogens is 443 g/mol. The predicted molar refractivity (Wildman–Crippen MR) is 117 cm³/mol. The SMILES string of the molecule is CN=C(NCCC(=O)Nc1ccc(C)cn1)NCCN1CCCCC1.I. The second kappa shape index (κ2) is 12.9. The van der Waals surface area contributed by atoms with Crippen LogP contribution in [-0.4, -0.2) is 61.5 Å². The summed E-state index contributed by atoms with van der Waals surface area (Å²) >= 11 is 0. The number of pyridine rings is 1. The second-order valence-corrected chi connectivity index (χ2v) is 6.35. The minimum absolute atomic E-state index is 0. The first-order chi connectivity index (χ1) is 12.2. The summed E-state index contributed by atoms with van der Waals surface area (Å²) in [5.74, 6) is 1.26. The third-order valence-corrected chi connectivity index (χ3v) is 4.22. The van der Waals surface area contributed by atoms with Crippen molar-refractivity contribution in [2.45, 2.75) is 32.6 Å². The number of aliphatic imine (C=N–C) groups is 1. The molecule has 1 aliphatic heterocycles. The van der Waals surface area contributed by atoms with Gasteiger partial charge in [-0.1, -0.05) is 12.5 Å². The zero-order valence-electron chi connectivity index (χ0n) is 15.8. The van der Waals surface area contributed by atoms with Crippen molar-refractivity contribution in [1.82, 2.24) is 20.5 Å². The maximum atomic E-state index is 11.9. The van der Waals surface area contributed by atoms with Gasteiger partial charge in [-0.05, 0) is 44.5 Å². The molecule has 2 heterocycles. The van der Waals surface area contributed by atoms with E-state index in [2.05, 4.69) is 30.8 Å². The van der Waals surface area contributed by atoms with Gasteiger partial charge in [-0.15, -0.1) is 24.0 Å². The number of aryl methyl sites for hydroxylation is 1. The average Bonchev–Trinajstić information content (AvgIpc) is 2.63. The summed E-state index contributed by atoms with van der Waals surface area (Å²) in [5, 5.41) is 9.26. The first-order valence-corrected chi connectivity index (χ1v) is 9.07. The number of piperidine rings is 1. The van der Waals surface area contributed by atoms with Crippen LogP contribution < -0.4 is 16.0 Å². The summed E-state index contributed by atoms with van der Waals surface area (Å²) in [7, 11) is 1.74. The number of aromatic nitrogens is 1. The molecule has 7 nitrogen and oxygen atoms in total. The maximum Gasteiger partial charge on any atom is 0.227 e. The number of hydrogen-bond acceptors (Lipinski definition) is 4. The van der Waals surface area contributed by atoms with Crippen molar-refractivity contribution in [3.63, 3.8) is 0 Å². The molecule has 1 aliphatic rings. The number of amides is 1. The standard InChI is InChI=1S/C18H30N6O.HI/c1-15-6-7-16(22-14-15)23-17(25)8-9-20-18(19-2)21-10-13-24-11-4-3-5-12-24;/h6-7,14H,3-5,8-13H2,1-2H3,(H2,19,20,21)(H,22,23,25);1H. The van der Waals surface area contributed by atoms with Gasteiger partial charge in [0, 0.05) is 39.3 Å². The lowest BCUT2D eigenvalue weighted by molar-refractivity contribution is -0.116. The average molecular weight is 474 g/mol. The Labute approximate surface area is 173 Å². The molecule has 0 radical (unpaired) electrons. The lowest BCUT2D eigenvalue weighted by Gasteiger charge is -2.26. The molecule has 0 bridgehead atoms. The number of carbonyl (C=O) groups is 1. The Hall–Kier alpha value is -1.42. The van der Waals surface area contributed by atoms with E-state index >= 15 is 0 Å². The van der Waals surface area contributed by atoms with Gasteiger partial charge >= 0.3 is 0 Å². The maximum absolute atomic E-state index is 11.9. The molecule has 0 saturated carbocycles. The monoisotopic (exact) mass is 474 g/mol. The van der Waals surface area contributed by atoms with Crippen LogP contribution in [0.2, 0.25) is 0 Å². The van der Waals surface area contributed by atoms with Crippen molar-refractivity contribution in [3.8, 4) is 0 Å². The number of rotatable bonds is 7.